The second-order valence-electron chi connectivity index (χ2n) is 8.41. The van der Waals surface area contributed by atoms with Crippen LogP contribution in [0.1, 0.15) is 37.9 Å². The molecule has 0 bridgehead atoms. The summed E-state index contributed by atoms with van der Waals surface area (Å²) in [6.45, 7) is 9.09. The summed E-state index contributed by atoms with van der Waals surface area (Å²) < 4.78 is 0. The number of hydrogen-bond acceptors (Lipinski definition) is 6. The molecule has 0 radical (unpaired) electrons. The number of nitrogens with zero attached hydrogens (tertiary/aromatic N) is 6. The smallest absolute Gasteiger partial charge is 0.140 e. The predicted octanol–water partition coefficient (Wildman–Crippen LogP) is 2.47. The summed E-state index contributed by atoms with van der Waals surface area (Å²) in [4.78, 5) is 21.3. The average molecular weight is 367 g/mol. The van der Waals surface area contributed by atoms with Gasteiger partial charge in [-0.05, 0) is 25.8 Å². The van der Waals surface area contributed by atoms with E-state index in [1.165, 1.54) is 58.3 Å². The van der Waals surface area contributed by atoms with E-state index in [9.17, 15) is 0 Å². The first-order valence-corrected chi connectivity index (χ1v) is 10.6. The highest BCUT2D eigenvalue weighted by Gasteiger charge is 2.36. The van der Waals surface area contributed by atoms with Crippen molar-refractivity contribution in [2.45, 2.75) is 51.1 Å². The molecule has 6 nitrogen and oxygen atoms in total. The van der Waals surface area contributed by atoms with Gasteiger partial charge >= 0.3 is 0 Å². The van der Waals surface area contributed by atoms with E-state index < -0.39 is 0 Å². The summed E-state index contributed by atoms with van der Waals surface area (Å²) in [7, 11) is 0. The van der Waals surface area contributed by atoms with Gasteiger partial charge in [0.1, 0.15) is 11.6 Å². The van der Waals surface area contributed by atoms with Crippen LogP contribution in [0.2, 0.25) is 0 Å². The maximum Gasteiger partial charge on any atom is 0.140 e. The molecule has 6 heteroatoms. The molecular formula is C21H30N6. The lowest BCUT2D eigenvalue weighted by Gasteiger charge is -2.50. The number of piperazine rings is 1. The SMILES string of the molecule is Cc1nc(N2CC(N3CCN(C4CCCCC4)CC3)C2)c2ccncc2n1. The van der Waals surface area contributed by atoms with Gasteiger partial charge in [-0.15, -0.1) is 0 Å². The molecule has 0 aromatic carbocycles. The van der Waals surface area contributed by atoms with E-state index in [1.807, 2.05) is 25.4 Å². The number of aryl methyl sites for hydroxylation is 1. The molecule has 2 aromatic heterocycles. The molecule has 3 aliphatic rings. The fraction of sp³-hybridized carbons (Fsp3) is 0.667. The van der Waals surface area contributed by atoms with Crippen LogP contribution in [-0.4, -0.2) is 76.1 Å². The second-order valence-corrected chi connectivity index (χ2v) is 8.41. The molecule has 0 spiro atoms. The van der Waals surface area contributed by atoms with Crippen molar-refractivity contribution in [3.05, 3.63) is 24.3 Å². The normalized spacial score (nSPS) is 23.7. The number of pyridine rings is 1. The van der Waals surface area contributed by atoms with Gasteiger partial charge in [0, 0.05) is 62.9 Å². The van der Waals surface area contributed by atoms with Gasteiger partial charge in [-0.2, -0.15) is 0 Å². The van der Waals surface area contributed by atoms with E-state index in [-0.39, 0.29) is 0 Å². The van der Waals surface area contributed by atoms with Crippen LogP contribution >= 0.6 is 0 Å². The van der Waals surface area contributed by atoms with Crippen molar-refractivity contribution in [3.8, 4) is 0 Å². The van der Waals surface area contributed by atoms with Crippen LogP contribution in [0.15, 0.2) is 18.5 Å². The van der Waals surface area contributed by atoms with Crippen molar-refractivity contribution in [1.29, 1.82) is 0 Å². The summed E-state index contributed by atoms with van der Waals surface area (Å²) in [5.74, 6) is 1.91. The molecule has 3 fully saturated rings. The van der Waals surface area contributed by atoms with E-state index in [0.29, 0.717) is 6.04 Å². The minimum Gasteiger partial charge on any atom is -0.353 e. The lowest BCUT2D eigenvalue weighted by molar-refractivity contribution is 0.0487. The minimum atomic E-state index is 0.672. The fourth-order valence-electron chi connectivity index (χ4n) is 5.09. The van der Waals surface area contributed by atoms with Crippen LogP contribution < -0.4 is 4.90 Å². The molecule has 5 rings (SSSR count). The Morgan fingerprint density at radius 3 is 2.33 bits per heavy atom. The molecule has 0 amide bonds. The third-order valence-electron chi connectivity index (χ3n) is 6.71. The Hall–Kier alpha value is -1.79. The number of fused-ring (bicyclic) bond motifs is 1. The summed E-state index contributed by atoms with van der Waals surface area (Å²) in [6, 6.07) is 3.58. The Morgan fingerprint density at radius 2 is 1.59 bits per heavy atom. The lowest BCUT2D eigenvalue weighted by atomic mass is 9.93. The minimum absolute atomic E-state index is 0.672. The molecule has 1 saturated carbocycles. The van der Waals surface area contributed by atoms with Gasteiger partial charge < -0.3 is 4.90 Å². The van der Waals surface area contributed by atoms with Crippen LogP contribution in [-0.2, 0) is 0 Å². The molecule has 2 aromatic rings. The molecule has 2 aliphatic heterocycles. The Labute approximate surface area is 161 Å². The molecule has 4 heterocycles. The molecule has 0 unspecified atom stereocenters. The van der Waals surface area contributed by atoms with Crippen LogP contribution in [0.4, 0.5) is 5.82 Å². The number of hydrogen-bond donors (Lipinski definition) is 0. The molecule has 0 N–H and O–H groups in total. The van der Waals surface area contributed by atoms with Crippen LogP contribution in [0.25, 0.3) is 10.9 Å². The average Bonchev–Trinajstić information content (AvgIpc) is 2.68. The summed E-state index contributed by atoms with van der Waals surface area (Å²) in [5.41, 5.74) is 0.949. The van der Waals surface area contributed by atoms with E-state index in [2.05, 4.69) is 24.7 Å². The molecular weight excluding hydrogens is 336 g/mol. The van der Waals surface area contributed by atoms with Crippen molar-refractivity contribution >= 4 is 16.7 Å². The van der Waals surface area contributed by atoms with Gasteiger partial charge in [0.05, 0.1) is 11.7 Å². The van der Waals surface area contributed by atoms with Gasteiger partial charge in [0.15, 0.2) is 0 Å². The van der Waals surface area contributed by atoms with Gasteiger partial charge in [-0.1, -0.05) is 19.3 Å². The van der Waals surface area contributed by atoms with Gasteiger partial charge in [-0.3, -0.25) is 14.8 Å². The summed E-state index contributed by atoms with van der Waals surface area (Å²) in [6.07, 6.45) is 10.8. The van der Waals surface area contributed by atoms with Crippen molar-refractivity contribution in [2.24, 2.45) is 0 Å². The maximum atomic E-state index is 4.74. The standard InChI is InChI=1S/C21H30N6/c1-16-23-20-13-22-8-7-19(20)21(24-16)27-14-18(15-27)26-11-9-25(10-12-26)17-5-3-2-4-6-17/h7-8,13,17-18H,2-6,9-12,14-15H2,1H3. The lowest BCUT2D eigenvalue weighted by Crippen LogP contribution is -2.64. The monoisotopic (exact) mass is 366 g/mol. The Balaban J connectivity index is 1.20. The second kappa shape index (κ2) is 7.32. The summed E-state index contributed by atoms with van der Waals surface area (Å²) in [5, 5.41) is 1.12. The van der Waals surface area contributed by atoms with Gasteiger partial charge in [0.2, 0.25) is 0 Å². The van der Waals surface area contributed by atoms with Crippen molar-refractivity contribution in [2.75, 3.05) is 44.2 Å². The first-order valence-electron chi connectivity index (χ1n) is 10.6. The molecule has 2 saturated heterocycles. The highest BCUT2D eigenvalue weighted by atomic mass is 15.4. The Bertz CT molecular complexity index is 788. The predicted molar refractivity (Wildman–Crippen MR) is 108 cm³/mol. The van der Waals surface area contributed by atoms with Crippen molar-refractivity contribution in [1.82, 2.24) is 24.8 Å². The number of rotatable bonds is 3. The molecule has 0 atom stereocenters. The van der Waals surface area contributed by atoms with Crippen LogP contribution in [0, 0.1) is 6.92 Å². The number of aromatic nitrogens is 3. The van der Waals surface area contributed by atoms with E-state index >= 15 is 0 Å². The van der Waals surface area contributed by atoms with Crippen LogP contribution in [0.3, 0.4) is 0 Å². The molecule has 144 valence electrons. The van der Waals surface area contributed by atoms with E-state index in [4.69, 9.17) is 4.98 Å². The first-order chi connectivity index (χ1) is 13.3. The zero-order chi connectivity index (χ0) is 18.2. The quantitative estimate of drug-likeness (QED) is 0.832. The van der Waals surface area contributed by atoms with Crippen LogP contribution in [0.5, 0.6) is 0 Å². The highest BCUT2D eigenvalue weighted by molar-refractivity contribution is 5.89. The third-order valence-corrected chi connectivity index (χ3v) is 6.71. The Morgan fingerprint density at radius 1 is 0.889 bits per heavy atom. The van der Waals surface area contributed by atoms with Gasteiger partial charge in [0.25, 0.3) is 0 Å². The molecule has 1 aliphatic carbocycles. The number of anilines is 1. The highest BCUT2D eigenvalue weighted by Crippen LogP contribution is 2.30. The Kier molecular flexibility index (Phi) is 4.70. The topological polar surface area (TPSA) is 48.4 Å². The largest absolute Gasteiger partial charge is 0.353 e. The van der Waals surface area contributed by atoms with E-state index in [1.54, 1.807) is 0 Å². The fourth-order valence-corrected chi connectivity index (χ4v) is 5.09. The van der Waals surface area contributed by atoms with Crippen molar-refractivity contribution < 1.29 is 0 Å². The van der Waals surface area contributed by atoms with Gasteiger partial charge in [-0.25, -0.2) is 9.97 Å². The summed E-state index contributed by atoms with van der Waals surface area (Å²) >= 11 is 0. The molecule has 27 heavy (non-hydrogen) atoms. The van der Waals surface area contributed by atoms with E-state index in [0.717, 1.165) is 41.7 Å². The zero-order valence-corrected chi connectivity index (χ0v) is 16.3. The first kappa shape index (κ1) is 17.3. The maximum absolute atomic E-state index is 4.74. The van der Waals surface area contributed by atoms with Crippen molar-refractivity contribution in [3.63, 3.8) is 0 Å². The third kappa shape index (κ3) is 3.41. The zero-order valence-electron chi connectivity index (χ0n) is 16.3.